The minimum atomic E-state index is -0.310. The van der Waals surface area contributed by atoms with Crippen molar-refractivity contribution in [2.75, 3.05) is 13.1 Å². The standard InChI is InChI=1S/C28H26BrIN4O/c29-24-17-30-34-27(16-25(32-28(24)34)23-10-3-4-11-26(23)35)31-21-12-14-33(15-13-21)18-20-8-5-7-19-6-1-2-9-22(19)20/h1-11,16-17,21,32,35H,12-15,18H2. The molecule has 3 aromatic carbocycles. The van der Waals surface area contributed by atoms with Crippen LogP contribution in [0.15, 0.2) is 88.1 Å². The number of para-hydroxylation sites is 1. The van der Waals surface area contributed by atoms with Crippen molar-refractivity contribution in [3.63, 3.8) is 0 Å². The Morgan fingerprint density at radius 3 is 2.63 bits per heavy atom. The molecule has 0 amide bonds. The van der Waals surface area contributed by atoms with E-state index in [0.29, 0.717) is 6.04 Å². The van der Waals surface area contributed by atoms with E-state index in [2.05, 4.69) is 81.8 Å². The van der Waals surface area contributed by atoms with Crippen LogP contribution < -0.4 is 5.32 Å². The van der Waals surface area contributed by atoms with Gasteiger partial charge in [-0.2, -0.15) is 0 Å². The molecular formula is C28H26BrIN4O. The zero-order valence-corrected chi connectivity index (χ0v) is 22.9. The lowest BCUT2D eigenvalue weighted by atomic mass is 10.0. The Morgan fingerprint density at radius 1 is 1.00 bits per heavy atom. The molecule has 3 aliphatic rings. The summed E-state index contributed by atoms with van der Waals surface area (Å²) < 4.78 is 5.64. The number of likely N-dealkylation sites (tertiary alicyclic amines) is 1. The van der Waals surface area contributed by atoms with Gasteiger partial charge in [0.25, 0.3) is 0 Å². The smallest absolute Gasteiger partial charge is 0.140 e. The Morgan fingerprint density at radius 2 is 1.77 bits per heavy atom. The average molecular weight is 641 g/mol. The Kier molecular flexibility index (Phi) is 6.47. The number of rotatable bonds is 4. The first-order valence-electron chi connectivity index (χ1n) is 11.9. The summed E-state index contributed by atoms with van der Waals surface area (Å²) in [5, 5.41) is 16.6. The molecule has 0 aliphatic carbocycles. The first-order valence-corrected chi connectivity index (χ1v) is 14.9. The molecule has 0 spiro atoms. The number of benzene rings is 3. The molecule has 6 rings (SSSR count). The highest BCUT2D eigenvalue weighted by Gasteiger charge is 2.29. The molecule has 1 saturated heterocycles. The molecule has 178 valence electrons. The van der Waals surface area contributed by atoms with Gasteiger partial charge in [0.05, 0.1) is 16.2 Å². The number of nitrogens with one attached hydrogen (secondary N) is 1. The van der Waals surface area contributed by atoms with E-state index in [0.717, 1.165) is 59.9 Å². The zero-order chi connectivity index (χ0) is 23.8. The Hall–Kier alpha value is -2.49. The predicted molar refractivity (Wildman–Crippen MR) is 157 cm³/mol. The normalized spacial score (nSPS) is 20.1. The summed E-state index contributed by atoms with van der Waals surface area (Å²) >= 11 is 3.39. The van der Waals surface area contributed by atoms with Crippen molar-refractivity contribution in [2.45, 2.75) is 25.4 Å². The van der Waals surface area contributed by atoms with Gasteiger partial charge in [-0.15, -0.1) is 0 Å². The Labute approximate surface area is 224 Å². The zero-order valence-electron chi connectivity index (χ0n) is 19.2. The van der Waals surface area contributed by atoms with Crippen LogP contribution in [-0.4, -0.2) is 42.1 Å². The van der Waals surface area contributed by atoms with Crippen molar-refractivity contribution in [3.05, 3.63) is 94.2 Å². The fraction of sp³-hybridized carbons (Fsp3) is 0.214. The molecule has 0 atom stereocenters. The summed E-state index contributed by atoms with van der Waals surface area (Å²) in [6, 6.07) is 23.0. The highest BCUT2D eigenvalue weighted by molar-refractivity contribution is 14.2. The number of phenolic OH excluding ortho intramolecular Hbond substituents is 1. The second-order valence-corrected chi connectivity index (χ2v) is 12.0. The number of nitrogens with zero attached hydrogens (tertiary/aromatic N) is 3. The van der Waals surface area contributed by atoms with Crippen LogP contribution in [-0.2, 0) is 6.54 Å². The van der Waals surface area contributed by atoms with Gasteiger partial charge in [0.15, 0.2) is 0 Å². The number of hydrogen-bond donors (Lipinski definition) is 2. The molecule has 0 bridgehead atoms. The van der Waals surface area contributed by atoms with Gasteiger partial charge >= 0.3 is 0 Å². The number of fused-ring (bicyclic) bond motifs is 2. The third-order valence-corrected chi connectivity index (χ3v) is 10.6. The molecule has 5 nitrogen and oxygen atoms in total. The molecule has 7 heteroatoms. The molecular weight excluding hydrogens is 615 g/mol. The summed E-state index contributed by atoms with van der Waals surface area (Å²) in [4.78, 5) is 7.80. The van der Waals surface area contributed by atoms with Gasteiger partial charge in [-0.25, -0.2) is 0 Å². The molecule has 2 N–H and O–H groups in total. The first-order chi connectivity index (χ1) is 17.2. The molecule has 3 aromatic rings. The van der Waals surface area contributed by atoms with Crippen molar-refractivity contribution in [1.29, 1.82) is 0 Å². The molecule has 0 saturated carbocycles. The molecule has 1 fully saturated rings. The van der Waals surface area contributed by atoms with E-state index in [9.17, 15) is 5.11 Å². The highest BCUT2D eigenvalue weighted by Crippen LogP contribution is 2.36. The van der Waals surface area contributed by atoms with Crippen LogP contribution in [0.1, 0.15) is 24.0 Å². The van der Waals surface area contributed by atoms with E-state index in [4.69, 9.17) is 4.99 Å². The van der Waals surface area contributed by atoms with Gasteiger partial charge in [0.1, 0.15) is 17.4 Å². The third kappa shape index (κ3) is 4.69. The molecule has 3 heterocycles. The van der Waals surface area contributed by atoms with Gasteiger partial charge in [-0.05, 0) is 57.2 Å². The van der Waals surface area contributed by atoms with Crippen molar-refractivity contribution in [1.82, 2.24) is 13.3 Å². The molecule has 35 heavy (non-hydrogen) atoms. The summed E-state index contributed by atoms with van der Waals surface area (Å²) in [5.74, 6) is 2.31. The van der Waals surface area contributed by atoms with E-state index >= 15 is 0 Å². The summed E-state index contributed by atoms with van der Waals surface area (Å²) in [6.07, 6.45) is 4.20. The van der Waals surface area contributed by atoms with E-state index < -0.39 is 0 Å². The number of piperidine rings is 1. The van der Waals surface area contributed by atoms with E-state index in [-0.39, 0.29) is 26.8 Å². The van der Waals surface area contributed by atoms with E-state index in [1.165, 1.54) is 16.3 Å². The number of aliphatic imine (C=N–C) groups is 1. The number of halogens is 2. The van der Waals surface area contributed by atoms with Crippen LogP contribution in [0.3, 0.4) is 0 Å². The third-order valence-electron chi connectivity index (χ3n) is 6.73. The second-order valence-electron chi connectivity index (χ2n) is 9.02. The van der Waals surface area contributed by atoms with E-state index in [1.54, 1.807) is 6.07 Å². The SMILES string of the molecule is Oc1ccccc1C1=CC(=NC2CCN(Cc3cccc4ccccc34)CC2)N2I=CC(Br)=C2N1. The fourth-order valence-electron chi connectivity index (χ4n) is 4.91. The monoisotopic (exact) mass is 640 g/mol. The van der Waals surface area contributed by atoms with E-state index in [1.807, 2.05) is 18.2 Å². The minimum Gasteiger partial charge on any atom is -0.507 e. The average Bonchev–Trinajstić information content (AvgIpc) is 3.26. The van der Waals surface area contributed by atoms with Crippen LogP contribution in [0.25, 0.3) is 16.5 Å². The molecule has 0 aromatic heterocycles. The van der Waals surface area contributed by atoms with Crippen LogP contribution in [0.5, 0.6) is 5.75 Å². The van der Waals surface area contributed by atoms with Gasteiger partial charge in [0.2, 0.25) is 0 Å². The lowest BCUT2D eigenvalue weighted by molar-refractivity contribution is 0.207. The Bertz CT molecular complexity index is 1400. The summed E-state index contributed by atoms with van der Waals surface area (Å²) in [7, 11) is 0. The number of hydrogen-bond acceptors (Lipinski definition) is 4. The van der Waals surface area contributed by atoms with Gasteiger partial charge in [0, 0.05) is 56.3 Å². The molecule has 0 unspecified atom stereocenters. The number of aromatic hydroxyl groups is 1. The second kappa shape index (κ2) is 9.87. The lowest BCUT2D eigenvalue weighted by Gasteiger charge is -2.33. The first kappa shape index (κ1) is 22.9. The summed E-state index contributed by atoms with van der Waals surface area (Å²) in [5.41, 5.74) is 3.08. The van der Waals surface area contributed by atoms with Crippen LogP contribution in [0.4, 0.5) is 0 Å². The lowest BCUT2D eigenvalue weighted by Crippen LogP contribution is -2.37. The summed E-state index contributed by atoms with van der Waals surface area (Å²) in [6.45, 7) is 3.08. The fourth-order valence-corrected chi connectivity index (χ4v) is 8.06. The highest BCUT2D eigenvalue weighted by atomic mass is 127. The molecule has 0 radical (unpaired) electrons. The predicted octanol–water partition coefficient (Wildman–Crippen LogP) is 6.12. The topological polar surface area (TPSA) is 51.1 Å². The van der Waals surface area contributed by atoms with Crippen LogP contribution in [0, 0.1) is 0 Å². The minimum absolute atomic E-state index is 0.272. The quantitative estimate of drug-likeness (QED) is 0.267. The van der Waals surface area contributed by atoms with Crippen molar-refractivity contribution >= 4 is 63.3 Å². The van der Waals surface area contributed by atoms with Crippen molar-refractivity contribution < 1.29 is 5.11 Å². The van der Waals surface area contributed by atoms with Crippen LogP contribution in [0.2, 0.25) is 0 Å². The van der Waals surface area contributed by atoms with Gasteiger partial charge in [-0.3, -0.25) is 13.0 Å². The van der Waals surface area contributed by atoms with Crippen molar-refractivity contribution in [3.8, 4) is 5.75 Å². The molecule has 3 aliphatic heterocycles. The maximum absolute atomic E-state index is 10.4. The van der Waals surface area contributed by atoms with Gasteiger partial charge in [-0.1, -0.05) is 54.6 Å². The van der Waals surface area contributed by atoms with Crippen LogP contribution >= 0.6 is 36.9 Å². The Balaban J connectivity index is 1.20. The number of amidine groups is 1. The number of allylic oxidation sites excluding steroid dienone is 1. The largest absolute Gasteiger partial charge is 0.507 e. The van der Waals surface area contributed by atoms with Gasteiger partial charge < -0.3 is 10.4 Å². The number of phenols is 1. The van der Waals surface area contributed by atoms with Crippen molar-refractivity contribution in [2.24, 2.45) is 4.99 Å². The maximum Gasteiger partial charge on any atom is 0.140 e. The maximum atomic E-state index is 10.4.